The molecule has 1 amide bonds. The second-order valence-electron chi connectivity index (χ2n) is 8.60. The maximum Gasteiger partial charge on any atom is 0.220 e. The second-order valence-corrected chi connectivity index (χ2v) is 8.60. The predicted octanol–water partition coefficient (Wildman–Crippen LogP) is 2.90. The van der Waals surface area contributed by atoms with Crippen LogP contribution >= 0.6 is 0 Å². The molecule has 2 aliphatic rings. The van der Waals surface area contributed by atoms with Gasteiger partial charge < -0.3 is 15.5 Å². The number of carbonyl (C=O) groups excluding carboxylic acids is 1. The molecule has 170 valence electrons. The molecule has 3 aromatic rings. The van der Waals surface area contributed by atoms with Crippen molar-refractivity contribution in [2.24, 2.45) is 11.7 Å². The average Bonchev–Trinajstić information content (AvgIpc) is 2.84. The Morgan fingerprint density at radius 1 is 1.09 bits per heavy atom. The van der Waals surface area contributed by atoms with Crippen LogP contribution in [0, 0.1) is 11.7 Å². The number of fused-ring (bicyclic) bond motifs is 1. The zero-order valence-electron chi connectivity index (χ0n) is 18.5. The third-order valence-electron chi connectivity index (χ3n) is 6.58. The number of rotatable bonds is 4. The maximum atomic E-state index is 14.6. The summed E-state index contributed by atoms with van der Waals surface area (Å²) in [6.45, 7) is 4.00. The Hall–Kier alpha value is -3.62. The quantitative estimate of drug-likeness (QED) is 0.656. The second kappa shape index (κ2) is 8.73. The first-order chi connectivity index (χ1) is 16.0. The summed E-state index contributed by atoms with van der Waals surface area (Å²) in [5.41, 5.74) is 8.18. The van der Waals surface area contributed by atoms with Crippen molar-refractivity contribution >= 4 is 17.5 Å². The van der Waals surface area contributed by atoms with E-state index in [1.165, 1.54) is 12.1 Å². The van der Waals surface area contributed by atoms with E-state index in [-0.39, 0.29) is 23.7 Å². The van der Waals surface area contributed by atoms with Gasteiger partial charge in [-0.3, -0.25) is 9.78 Å². The lowest BCUT2D eigenvalue weighted by molar-refractivity contribution is -0.122. The van der Waals surface area contributed by atoms with Crippen LogP contribution in [0.3, 0.4) is 0 Å². The summed E-state index contributed by atoms with van der Waals surface area (Å²) in [6.07, 6.45) is 5.60. The number of amides is 1. The molecule has 9 heteroatoms. The molecular weight excluding hydrogens is 421 g/mol. The molecule has 1 saturated heterocycles. The van der Waals surface area contributed by atoms with Gasteiger partial charge in [0.05, 0.1) is 11.7 Å². The number of primary amides is 1. The van der Waals surface area contributed by atoms with Gasteiger partial charge >= 0.3 is 0 Å². The van der Waals surface area contributed by atoms with Crippen molar-refractivity contribution in [3.63, 3.8) is 0 Å². The molecule has 0 aliphatic carbocycles. The van der Waals surface area contributed by atoms with E-state index in [1.54, 1.807) is 6.20 Å². The van der Waals surface area contributed by atoms with Gasteiger partial charge in [-0.25, -0.2) is 19.3 Å². The molecule has 3 aromatic heterocycles. The van der Waals surface area contributed by atoms with Crippen molar-refractivity contribution in [3.05, 3.63) is 59.8 Å². The van der Waals surface area contributed by atoms with Gasteiger partial charge in [-0.1, -0.05) is 6.07 Å². The molecule has 33 heavy (non-hydrogen) atoms. The molecule has 0 aromatic carbocycles. The van der Waals surface area contributed by atoms with Gasteiger partial charge in [0.15, 0.2) is 5.82 Å². The number of piperidine rings is 1. The lowest BCUT2D eigenvalue weighted by Crippen LogP contribution is -2.39. The molecule has 2 aliphatic heterocycles. The summed E-state index contributed by atoms with van der Waals surface area (Å²) >= 11 is 0. The van der Waals surface area contributed by atoms with Gasteiger partial charge in [0.2, 0.25) is 5.91 Å². The van der Waals surface area contributed by atoms with Gasteiger partial charge in [0.25, 0.3) is 0 Å². The van der Waals surface area contributed by atoms with Crippen molar-refractivity contribution in [2.75, 3.05) is 29.4 Å². The number of hydrogen-bond donors (Lipinski definition) is 1. The lowest BCUT2D eigenvalue weighted by atomic mass is 9.96. The minimum Gasteiger partial charge on any atom is -0.369 e. The molecule has 0 radical (unpaired) electrons. The molecule has 1 atom stereocenters. The van der Waals surface area contributed by atoms with E-state index in [9.17, 15) is 9.18 Å². The molecule has 0 spiro atoms. The van der Waals surface area contributed by atoms with Crippen LogP contribution in [0.5, 0.6) is 0 Å². The van der Waals surface area contributed by atoms with Crippen molar-refractivity contribution in [3.8, 4) is 11.5 Å². The maximum absolute atomic E-state index is 14.6. The zero-order chi connectivity index (χ0) is 22.9. The van der Waals surface area contributed by atoms with Gasteiger partial charge in [0, 0.05) is 62.1 Å². The number of anilines is 2. The minimum atomic E-state index is -0.327. The summed E-state index contributed by atoms with van der Waals surface area (Å²) in [5.74, 6) is 1.08. The van der Waals surface area contributed by atoms with Gasteiger partial charge in [-0.05, 0) is 31.9 Å². The Bertz CT molecular complexity index is 1160. The third kappa shape index (κ3) is 4.22. The molecule has 8 nitrogen and oxygen atoms in total. The number of nitrogens with two attached hydrogens (primary N) is 1. The first-order valence-electron chi connectivity index (χ1n) is 11.3. The highest BCUT2D eigenvalue weighted by atomic mass is 19.1. The Kier molecular flexibility index (Phi) is 5.62. The largest absolute Gasteiger partial charge is 0.369 e. The predicted molar refractivity (Wildman–Crippen MR) is 123 cm³/mol. The van der Waals surface area contributed by atoms with E-state index in [4.69, 9.17) is 15.7 Å². The number of hydrogen-bond acceptors (Lipinski definition) is 7. The SMILES string of the molecule is CC1c2cnc(-c3ccccn3)nc2CCN1c1cc(F)cc(N2CCC(C(N)=O)CC2)n1. The standard InChI is InChI=1S/C24H26FN7O/c1-15-18-14-28-24(20-4-2-3-8-27-20)29-19(18)7-11-32(15)22-13-17(25)12-21(30-22)31-9-5-16(6-10-31)23(26)33/h2-4,8,12-16H,5-7,9-11H2,1H3,(H2,26,33). The Morgan fingerprint density at radius 3 is 2.61 bits per heavy atom. The number of halogens is 1. The highest BCUT2D eigenvalue weighted by molar-refractivity contribution is 5.77. The highest BCUT2D eigenvalue weighted by Crippen LogP contribution is 2.34. The fraction of sp³-hybridized carbons (Fsp3) is 0.375. The van der Waals surface area contributed by atoms with E-state index >= 15 is 0 Å². The molecule has 5 rings (SSSR count). The molecule has 1 fully saturated rings. The first-order valence-corrected chi connectivity index (χ1v) is 11.3. The van der Waals surface area contributed by atoms with Gasteiger partial charge in [-0.15, -0.1) is 0 Å². The van der Waals surface area contributed by atoms with Crippen LogP contribution in [0.2, 0.25) is 0 Å². The number of pyridine rings is 2. The van der Waals surface area contributed by atoms with Gasteiger partial charge in [0.1, 0.15) is 23.1 Å². The van der Waals surface area contributed by atoms with Crippen LogP contribution < -0.4 is 15.5 Å². The molecule has 0 bridgehead atoms. The summed E-state index contributed by atoms with van der Waals surface area (Å²) in [6, 6.07) is 8.56. The highest BCUT2D eigenvalue weighted by Gasteiger charge is 2.29. The fourth-order valence-electron chi connectivity index (χ4n) is 4.67. The lowest BCUT2D eigenvalue weighted by Gasteiger charge is -2.36. The number of nitrogens with zero attached hydrogens (tertiary/aromatic N) is 6. The molecule has 2 N–H and O–H groups in total. The van der Waals surface area contributed by atoms with Crippen molar-refractivity contribution in [2.45, 2.75) is 32.2 Å². The molecule has 5 heterocycles. The van der Waals surface area contributed by atoms with Crippen LogP contribution in [-0.2, 0) is 11.2 Å². The zero-order valence-corrected chi connectivity index (χ0v) is 18.5. The molecule has 1 unspecified atom stereocenters. The topological polar surface area (TPSA) is 101 Å². The average molecular weight is 448 g/mol. The first kappa shape index (κ1) is 21.2. The normalized spacial score (nSPS) is 18.8. The third-order valence-corrected chi connectivity index (χ3v) is 6.58. The van der Waals surface area contributed by atoms with Crippen LogP contribution in [-0.4, -0.2) is 45.5 Å². The van der Waals surface area contributed by atoms with Gasteiger partial charge in [-0.2, -0.15) is 0 Å². The van der Waals surface area contributed by atoms with Crippen molar-refractivity contribution in [1.29, 1.82) is 0 Å². The Labute approximate surface area is 191 Å². The summed E-state index contributed by atoms with van der Waals surface area (Å²) < 4.78 is 14.6. The number of carbonyl (C=O) groups is 1. The van der Waals surface area contributed by atoms with Crippen molar-refractivity contribution in [1.82, 2.24) is 19.9 Å². The summed E-state index contributed by atoms with van der Waals surface area (Å²) in [7, 11) is 0. The van der Waals surface area contributed by atoms with Crippen LogP contribution in [0.15, 0.2) is 42.7 Å². The fourth-order valence-corrected chi connectivity index (χ4v) is 4.67. The monoisotopic (exact) mass is 447 g/mol. The summed E-state index contributed by atoms with van der Waals surface area (Å²) in [4.78, 5) is 34.0. The van der Waals surface area contributed by atoms with Crippen molar-refractivity contribution < 1.29 is 9.18 Å². The van der Waals surface area contributed by atoms with E-state index in [0.717, 1.165) is 17.0 Å². The van der Waals surface area contributed by atoms with Crippen LogP contribution in [0.1, 0.15) is 37.1 Å². The van der Waals surface area contributed by atoms with E-state index in [2.05, 4.69) is 21.8 Å². The summed E-state index contributed by atoms with van der Waals surface area (Å²) in [5, 5.41) is 0. The van der Waals surface area contributed by atoms with Crippen LogP contribution in [0.25, 0.3) is 11.5 Å². The minimum absolute atomic E-state index is 0.0470. The Balaban J connectivity index is 1.38. The smallest absolute Gasteiger partial charge is 0.220 e. The van der Waals surface area contributed by atoms with E-state index < -0.39 is 0 Å². The Morgan fingerprint density at radius 2 is 1.88 bits per heavy atom. The van der Waals surface area contributed by atoms with E-state index in [1.807, 2.05) is 29.3 Å². The van der Waals surface area contributed by atoms with E-state index in [0.29, 0.717) is 56.4 Å². The molecular formula is C24H26FN7O. The molecule has 0 saturated carbocycles. The van der Waals surface area contributed by atoms with Crippen LogP contribution in [0.4, 0.5) is 16.0 Å². The number of aromatic nitrogens is 4.